The van der Waals surface area contributed by atoms with E-state index in [1.807, 2.05) is 0 Å². The number of aliphatic carboxylic acids is 1. The summed E-state index contributed by atoms with van der Waals surface area (Å²) in [7, 11) is 0. The smallest absolute Gasteiger partial charge is 0.332 e. The maximum atomic E-state index is 11.8. The lowest BCUT2D eigenvalue weighted by Crippen LogP contribution is -2.24. The van der Waals surface area contributed by atoms with Gasteiger partial charge in [0.15, 0.2) is 0 Å². The summed E-state index contributed by atoms with van der Waals surface area (Å²) in [5.74, 6) is -1.26. The van der Waals surface area contributed by atoms with Crippen LogP contribution in [0.25, 0.3) is 0 Å². The summed E-state index contributed by atoms with van der Waals surface area (Å²) in [6.07, 6.45) is 1.01. The summed E-state index contributed by atoms with van der Waals surface area (Å²) < 4.78 is 0.973. The second-order valence-corrected chi connectivity index (χ2v) is 4.35. The van der Waals surface area contributed by atoms with Gasteiger partial charge in [-0.15, -0.1) is 0 Å². The molecule has 0 bridgehead atoms. The highest BCUT2D eigenvalue weighted by molar-refractivity contribution is 9.10. The van der Waals surface area contributed by atoms with E-state index < -0.39 is 16.5 Å². The van der Waals surface area contributed by atoms with Crippen molar-refractivity contribution in [3.8, 4) is 0 Å². The Morgan fingerprint density at radius 3 is 2.67 bits per heavy atom. The first-order chi connectivity index (χ1) is 8.25. The lowest BCUT2D eigenvalue weighted by Gasteiger charge is -2.08. The maximum absolute atomic E-state index is 11.8. The summed E-state index contributed by atoms with van der Waals surface area (Å²) >= 11 is 2.96. The van der Waals surface area contributed by atoms with Crippen LogP contribution in [0.3, 0.4) is 0 Å². The second kappa shape index (κ2) is 5.13. The molecule has 0 aromatic carbocycles. The predicted octanol–water partition coefficient (Wildman–Crippen LogP) is 1.47. The minimum Gasteiger partial charge on any atom is -0.478 e. The fourth-order valence-electron chi connectivity index (χ4n) is 1.28. The number of nitrogens with zero attached hydrogens (tertiary/aromatic N) is 2. The minimum atomic E-state index is -1.26. The number of carboxylic acids is 1. The largest absolute Gasteiger partial charge is 0.478 e. The number of carboxylic acid groups (broad SMARTS) is 1. The zero-order valence-corrected chi connectivity index (χ0v) is 10.9. The lowest BCUT2D eigenvalue weighted by molar-refractivity contribution is -0.386. The number of rotatable bonds is 4. The molecule has 0 unspecified atom stereocenters. The molecule has 1 heterocycles. The van der Waals surface area contributed by atoms with Crippen LogP contribution in [0.2, 0.25) is 0 Å². The number of hydrogen-bond acceptors (Lipinski definition) is 4. The van der Waals surface area contributed by atoms with Gasteiger partial charge in [-0.05, 0) is 22.9 Å². The molecule has 0 aliphatic carbocycles. The van der Waals surface area contributed by atoms with Gasteiger partial charge in [0.1, 0.15) is 0 Å². The average molecular weight is 317 g/mol. The van der Waals surface area contributed by atoms with E-state index in [1.165, 1.54) is 6.92 Å². The Labute approximate surface area is 110 Å². The Kier molecular flexibility index (Phi) is 4.02. The molecule has 0 saturated heterocycles. The van der Waals surface area contributed by atoms with E-state index >= 15 is 0 Å². The van der Waals surface area contributed by atoms with Crippen molar-refractivity contribution in [2.75, 3.05) is 0 Å². The molecule has 0 fully saturated rings. The van der Waals surface area contributed by atoms with Crippen molar-refractivity contribution < 1.29 is 14.8 Å². The van der Waals surface area contributed by atoms with Crippen LogP contribution >= 0.6 is 15.9 Å². The first-order valence-corrected chi connectivity index (χ1v) is 5.50. The second-order valence-electron chi connectivity index (χ2n) is 3.55. The van der Waals surface area contributed by atoms with E-state index in [1.54, 1.807) is 0 Å². The van der Waals surface area contributed by atoms with Gasteiger partial charge in [0.25, 0.3) is 11.2 Å². The van der Waals surface area contributed by atoms with Crippen LogP contribution in [-0.4, -0.2) is 20.6 Å². The molecule has 1 aromatic heterocycles. The standard InChI is InChI=1S/C10H9BrN2O5/c1-5(10(15)16)3-12-4-7(13(17)18)6(2)8(11)9(12)14/h4H,1,3H2,2H3,(H,15,16). The molecular weight excluding hydrogens is 308 g/mol. The molecule has 7 nitrogen and oxygen atoms in total. The van der Waals surface area contributed by atoms with Gasteiger partial charge in [-0.1, -0.05) is 6.58 Å². The zero-order chi connectivity index (χ0) is 14.0. The number of halogens is 1. The SMILES string of the molecule is C=C(Cn1cc([N+](=O)[O-])c(C)c(Br)c1=O)C(=O)O. The molecule has 1 aromatic rings. The van der Waals surface area contributed by atoms with Gasteiger partial charge in [0.2, 0.25) is 0 Å². The summed E-state index contributed by atoms with van der Waals surface area (Å²) in [5.41, 5.74) is -0.843. The monoisotopic (exact) mass is 316 g/mol. The predicted molar refractivity (Wildman–Crippen MR) is 66.6 cm³/mol. The van der Waals surface area contributed by atoms with Crippen LogP contribution in [0.4, 0.5) is 5.69 Å². The molecule has 0 radical (unpaired) electrons. The van der Waals surface area contributed by atoms with Crippen LogP contribution in [0.5, 0.6) is 0 Å². The van der Waals surface area contributed by atoms with Crippen molar-refractivity contribution in [2.24, 2.45) is 0 Å². The highest BCUT2D eigenvalue weighted by Gasteiger charge is 2.19. The van der Waals surface area contributed by atoms with Crippen molar-refractivity contribution in [1.29, 1.82) is 0 Å². The van der Waals surface area contributed by atoms with Gasteiger partial charge in [0.05, 0.1) is 22.1 Å². The van der Waals surface area contributed by atoms with Crippen LogP contribution in [0.1, 0.15) is 5.56 Å². The Bertz CT molecular complexity index is 605. The van der Waals surface area contributed by atoms with Crippen molar-refractivity contribution in [1.82, 2.24) is 4.57 Å². The Morgan fingerprint density at radius 1 is 1.67 bits per heavy atom. The first-order valence-electron chi connectivity index (χ1n) is 4.70. The fourth-order valence-corrected chi connectivity index (χ4v) is 1.71. The Balaban J connectivity index is 3.38. The van der Waals surface area contributed by atoms with Crippen LogP contribution in [0.15, 0.2) is 27.6 Å². The number of pyridine rings is 1. The van der Waals surface area contributed by atoms with E-state index in [-0.39, 0.29) is 27.8 Å². The van der Waals surface area contributed by atoms with Gasteiger partial charge in [-0.25, -0.2) is 4.79 Å². The van der Waals surface area contributed by atoms with Crippen LogP contribution < -0.4 is 5.56 Å². The van der Waals surface area contributed by atoms with Crippen LogP contribution in [0, 0.1) is 17.0 Å². The molecule has 8 heteroatoms. The number of hydrogen-bond donors (Lipinski definition) is 1. The molecule has 1 rings (SSSR count). The van der Waals surface area contributed by atoms with Crippen LogP contribution in [-0.2, 0) is 11.3 Å². The normalized spacial score (nSPS) is 10.1. The highest BCUT2D eigenvalue weighted by Crippen LogP contribution is 2.22. The minimum absolute atomic E-state index is 0.0369. The molecule has 0 spiro atoms. The van der Waals surface area contributed by atoms with Gasteiger partial charge in [-0.2, -0.15) is 0 Å². The topological polar surface area (TPSA) is 102 Å². The highest BCUT2D eigenvalue weighted by atomic mass is 79.9. The van der Waals surface area contributed by atoms with Gasteiger partial charge < -0.3 is 9.67 Å². The molecular formula is C10H9BrN2O5. The van der Waals surface area contributed by atoms with Gasteiger partial charge >= 0.3 is 5.97 Å². The molecule has 0 saturated carbocycles. The lowest BCUT2D eigenvalue weighted by atomic mass is 10.2. The molecule has 0 aliphatic heterocycles. The number of nitro groups is 1. The molecule has 18 heavy (non-hydrogen) atoms. The van der Waals surface area contributed by atoms with Gasteiger partial charge in [-0.3, -0.25) is 14.9 Å². The van der Waals surface area contributed by atoms with E-state index in [4.69, 9.17) is 5.11 Å². The van der Waals surface area contributed by atoms with Crippen molar-refractivity contribution in [3.63, 3.8) is 0 Å². The van der Waals surface area contributed by atoms with E-state index in [9.17, 15) is 19.7 Å². The molecule has 0 amide bonds. The number of aromatic nitrogens is 1. The van der Waals surface area contributed by atoms with Crippen molar-refractivity contribution in [2.45, 2.75) is 13.5 Å². The van der Waals surface area contributed by atoms with Gasteiger partial charge in [0, 0.05) is 11.1 Å². The molecule has 0 aliphatic rings. The number of carbonyl (C=O) groups is 1. The third kappa shape index (κ3) is 2.65. The molecule has 1 N–H and O–H groups in total. The Morgan fingerprint density at radius 2 is 2.22 bits per heavy atom. The maximum Gasteiger partial charge on any atom is 0.332 e. The first kappa shape index (κ1) is 14.1. The summed E-state index contributed by atoms with van der Waals surface area (Å²) in [4.78, 5) is 32.6. The zero-order valence-electron chi connectivity index (χ0n) is 9.34. The van der Waals surface area contributed by atoms with E-state index in [0.717, 1.165) is 10.8 Å². The average Bonchev–Trinajstić information content (AvgIpc) is 2.29. The summed E-state index contributed by atoms with van der Waals surface area (Å²) in [5, 5.41) is 19.5. The third-order valence-corrected chi connectivity index (χ3v) is 3.23. The summed E-state index contributed by atoms with van der Waals surface area (Å²) in [6.45, 7) is 4.39. The molecule has 0 atom stereocenters. The van der Waals surface area contributed by atoms with Crippen molar-refractivity contribution in [3.05, 3.63) is 48.9 Å². The van der Waals surface area contributed by atoms with Crippen molar-refractivity contribution >= 4 is 27.6 Å². The Hall–Kier alpha value is -1.96. The van der Waals surface area contributed by atoms with E-state index in [0.29, 0.717) is 0 Å². The summed E-state index contributed by atoms with van der Waals surface area (Å²) in [6, 6.07) is 0. The quantitative estimate of drug-likeness (QED) is 0.514. The third-order valence-electron chi connectivity index (χ3n) is 2.30. The van der Waals surface area contributed by atoms with E-state index in [2.05, 4.69) is 22.5 Å². The molecule has 96 valence electrons. The fraction of sp³-hybridized carbons (Fsp3) is 0.200.